The number of methoxy groups -OCH3 is 1. The van der Waals surface area contributed by atoms with Gasteiger partial charge in [-0.25, -0.2) is 0 Å². The van der Waals surface area contributed by atoms with Gasteiger partial charge in [0.1, 0.15) is 5.75 Å². The molecule has 0 spiro atoms. The molecule has 3 rings (SSSR count). The Balaban J connectivity index is 1.65. The van der Waals surface area contributed by atoms with E-state index in [1.165, 1.54) is 0 Å². The molecular weight excluding hydrogens is 348 g/mol. The minimum Gasteiger partial charge on any atom is -0.497 e. The molecule has 0 aromatic heterocycles. The number of nitrogens with one attached hydrogen (secondary N) is 1. The lowest BCUT2D eigenvalue weighted by molar-refractivity contribution is 0.0942. The Kier molecular flexibility index (Phi) is 6.45. The van der Waals surface area contributed by atoms with E-state index in [1.807, 2.05) is 80.8 Å². The van der Waals surface area contributed by atoms with Crippen molar-refractivity contribution >= 4 is 5.91 Å². The van der Waals surface area contributed by atoms with Crippen LogP contribution in [0.1, 0.15) is 22.0 Å². The molecular formula is C24H26N2O2. The van der Waals surface area contributed by atoms with E-state index in [1.54, 1.807) is 7.11 Å². The lowest BCUT2D eigenvalue weighted by Gasteiger charge is -2.25. The molecule has 0 saturated carbocycles. The largest absolute Gasteiger partial charge is 0.497 e. The van der Waals surface area contributed by atoms with Gasteiger partial charge in [0.2, 0.25) is 0 Å². The van der Waals surface area contributed by atoms with Crippen molar-refractivity contribution in [3.8, 4) is 16.9 Å². The highest BCUT2D eigenvalue weighted by molar-refractivity contribution is 5.94. The number of benzene rings is 3. The van der Waals surface area contributed by atoms with E-state index in [9.17, 15) is 4.79 Å². The van der Waals surface area contributed by atoms with Crippen LogP contribution < -0.4 is 10.1 Å². The van der Waals surface area contributed by atoms with Crippen LogP contribution in [0.15, 0.2) is 78.9 Å². The second-order valence-electron chi connectivity index (χ2n) is 6.91. The first-order chi connectivity index (χ1) is 13.6. The van der Waals surface area contributed by atoms with E-state index in [0.717, 1.165) is 22.4 Å². The smallest absolute Gasteiger partial charge is 0.251 e. The number of hydrogen-bond acceptors (Lipinski definition) is 3. The first kappa shape index (κ1) is 19.6. The molecule has 0 aliphatic carbocycles. The minimum atomic E-state index is -0.0695. The Labute approximate surface area is 166 Å². The summed E-state index contributed by atoms with van der Waals surface area (Å²) in [6, 6.07) is 25.9. The average molecular weight is 374 g/mol. The molecule has 4 heteroatoms. The Morgan fingerprint density at radius 2 is 1.50 bits per heavy atom. The quantitative estimate of drug-likeness (QED) is 0.667. The predicted octanol–water partition coefficient (Wildman–Crippen LogP) is 4.39. The first-order valence-electron chi connectivity index (χ1n) is 9.32. The highest BCUT2D eigenvalue weighted by Gasteiger charge is 2.16. The van der Waals surface area contributed by atoms with Gasteiger partial charge in [0.25, 0.3) is 5.91 Å². The normalized spacial score (nSPS) is 11.9. The molecule has 1 N–H and O–H groups in total. The van der Waals surface area contributed by atoms with Crippen molar-refractivity contribution in [1.82, 2.24) is 10.2 Å². The summed E-state index contributed by atoms with van der Waals surface area (Å²) in [5.74, 6) is 0.753. The van der Waals surface area contributed by atoms with Crippen LogP contribution in [-0.4, -0.2) is 38.6 Å². The molecule has 3 aromatic carbocycles. The van der Waals surface area contributed by atoms with Gasteiger partial charge in [0.15, 0.2) is 0 Å². The summed E-state index contributed by atoms with van der Waals surface area (Å²) in [6.45, 7) is 0.526. The number of ether oxygens (including phenoxy) is 1. The summed E-state index contributed by atoms with van der Waals surface area (Å²) in [6.07, 6.45) is 0. The van der Waals surface area contributed by atoms with E-state index in [-0.39, 0.29) is 11.9 Å². The number of carbonyl (C=O) groups excluding carboxylic acids is 1. The monoisotopic (exact) mass is 374 g/mol. The molecule has 1 amide bonds. The summed E-state index contributed by atoms with van der Waals surface area (Å²) >= 11 is 0. The first-order valence-corrected chi connectivity index (χ1v) is 9.32. The maximum absolute atomic E-state index is 12.6. The van der Waals surface area contributed by atoms with Crippen LogP contribution >= 0.6 is 0 Å². The van der Waals surface area contributed by atoms with Gasteiger partial charge in [-0.15, -0.1) is 0 Å². The Hall–Kier alpha value is -3.11. The molecule has 0 aliphatic heterocycles. The zero-order valence-electron chi connectivity index (χ0n) is 16.6. The third-order valence-corrected chi connectivity index (χ3v) is 4.83. The number of nitrogens with zero attached hydrogens (tertiary/aromatic N) is 1. The fraction of sp³-hybridized carbons (Fsp3) is 0.208. The Morgan fingerprint density at radius 1 is 0.893 bits per heavy atom. The van der Waals surface area contributed by atoms with Crippen LogP contribution in [0.25, 0.3) is 11.1 Å². The minimum absolute atomic E-state index is 0.0695. The molecule has 0 aliphatic rings. The van der Waals surface area contributed by atoms with Gasteiger partial charge in [-0.1, -0.05) is 54.6 Å². The van der Waals surface area contributed by atoms with Crippen molar-refractivity contribution in [2.45, 2.75) is 6.04 Å². The van der Waals surface area contributed by atoms with E-state index in [0.29, 0.717) is 12.1 Å². The third-order valence-electron chi connectivity index (χ3n) is 4.83. The maximum Gasteiger partial charge on any atom is 0.251 e. The van der Waals surface area contributed by atoms with Crippen LogP contribution in [0.3, 0.4) is 0 Å². The van der Waals surface area contributed by atoms with Crippen molar-refractivity contribution < 1.29 is 9.53 Å². The second kappa shape index (κ2) is 9.20. The van der Waals surface area contributed by atoms with Crippen molar-refractivity contribution in [3.63, 3.8) is 0 Å². The van der Waals surface area contributed by atoms with E-state index in [2.05, 4.69) is 22.3 Å². The lowest BCUT2D eigenvalue weighted by Crippen LogP contribution is -2.34. The second-order valence-corrected chi connectivity index (χ2v) is 6.91. The zero-order chi connectivity index (χ0) is 19.9. The van der Waals surface area contributed by atoms with Crippen LogP contribution in [0, 0.1) is 0 Å². The molecule has 1 atom stereocenters. The van der Waals surface area contributed by atoms with Crippen LogP contribution in [0.5, 0.6) is 5.75 Å². The third kappa shape index (κ3) is 4.78. The SMILES string of the molecule is COc1ccc(C(CNC(=O)c2ccc(-c3ccccc3)cc2)N(C)C)cc1. The highest BCUT2D eigenvalue weighted by Crippen LogP contribution is 2.22. The molecule has 0 heterocycles. The van der Waals surface area contributed by atoms with Crippen molar-refractivity contribution in [2.75, 3.05) is 27.7 Å². The summed E-state index contributed by atoms with van der Waals surface area (Å²) < 4.78 is 5.22. The number of hydrogen-bond donors (Lipinski definition) is 1. The molecule has 0 bridgehead atoms. The molecule has 28 heavy (non-hydrogen) atoms. The summed E-state index contributed by atoms with van der Waals surface area (Å²) in [5, 5.41) is 3.05. The van der Waals surface area contributed by atoms with E-state index >= 15 is 0 Å². The summed E-state index contributed by atoms with van der Waals surface area (Å²) in [4.78, 5) is 14.7. The Morgan fingerprint density at radius 3 is 2.07 bits per heavy atom. The van der Waals surface area contributed by atoms with Crippen LogP contribution in [0.2, 0.25) is 0 Å². The Bertz CT molecular complexity index is 888. The molecule has 4 nitrogen and oxygen atoms in total. The fourth-order valence-corrected chi connectivity index (χ4v) is 3.16. The highest BCUT2D eigenvalue weighted by atomic mass is 16.5. The topological polar surface area (TPSA) is 41.6 Å². The maximum atomic E-state index is 12.6. The number of amides is 1. The van der Waals surface area contributed by atoms with Crippen LogP contribution in [-0.2, 0) is 0 Å². The van der Waals surface area contributed by atoms with Gasteiger partial charge in [-0.2, -0.15) is 0 Å². The predicted molar refractivity (Wildman–Crippen MR) is 114 cm³/mol. The molecule has 1 unspecified atom stereocenters. The van der Waals surface area contributed by atoms with E-state index < -0.39 is 0 Å². The molecule has 0 saturated heterocycles. The van der Waals surface area contributed by atoms with Gasteiger partial charge in [0, 0.05) is 12.1 Å². The van der Waals surface area contributed by atoms with Gasteiger partial charge in [-0.05, 0) is 55.1 Å². The summed E-state index contributed by atoms with van der Waals surface area (Å²) in [5.41, 5.74) is 4.03. The molecule has 0 fully saturated rings. The fourth-order valence-electron chi connectivity index (χ4n) is 3.16. The molecule has 0 radical (unpaired) electrons. The van der Waals surface area contributed by atoms with Gasteiger partial charge in [-0.3, -0.25) is 4.79 Å². The van der Waals surface area contributed by atoms with Crippen molar-refractivity contribution in [1.29, 1.82) is 0 Å². The van der Waals surface area contributed by atoms with E-state index in [4.69, 9.17) is 4.74 Å². The number of rotatable bonds is 7. The van der Waals surface area contributed by atoms with Gasteiger partial charge in [0.05, 0.1) is 13.2 Å². The number of carbonyl (C=O) groups is 1. The van der Waals surface area contributed by atoms with Gasteiger partial charge < -0.3 is 15.0 Å². The van der Waals surface area contributed by atoms with Gasteiger partial charge >= 0.3 is 0 Å². The average Bonchev–Trinajstić information content (AvgIpc) is 2.74. The van der Waals surface area contributed by atoms with Crippen molar-refractivity contribution in [3.05, 3.63) is 90.0 Å². The van der Waals surface area contributed by atoms with Crippen molar-refractivity contribution in [2.24, 2.45) is 0 Å². The molecule has 144 valence electrons. The molecule has 3 aromatic rings. The standard InChI is InChI=1S/C24H26N2O2/c1-26(2)23(20-13-15-22(28-3)16-14-20)17-25-24(27)21-11-9-19(10-12-21)18-7-5-4-6-8-18/h4-16,23H,17H2,1-3H3,(H,25,27). The number of likely N-dealkylation sites (N-methyl/N-ethyl adjacent to an activating group) is 1. The lowest BCUT2D eigenvalue weighted by atomic mass is 10.0. The van der Waals surface area contributed by atoms with Crippen LogP contribution in [0.4, 0.5) is 0 Å². The zero-order valence-corrected chi connectivity index (χ0v) is 16.6. The summed E-state index contributed by atoms with van der Waals surface area (Å²) in [7, 11) is 5.67.